The van der Waals surface area contributed by atoms with Crippen LogP contribution in [0.3, 0.4) is 0 Å². The Hall–Kier alpha value is -0.926. The Morgan fingerprint density at radius 1 is 0.700 bits per heavy atom. The fourth-order valence-electron chi connectivity index (χ4n) is 2.64. The molecule has 0 aliphatic rings. The van der Waals surface area contributed by atoms with E-state index >= 15 is 0 Å². The number of ether oxygens (including phenoxy) is 2. The SMILES string of the molecule is CC(C)(C)OC(=O)N[C@H](CNS(C)(=O)=O)C(C)(C)C.CN(C[C@@H](NC(=O)OC(C)(C)C)C(C)(C)C)S(C)(=O)=O.[B]B([B])B([B])[B].[B][B]B([B])[B]. The molecule has 0 aromatic heterocycles. The highest BCUT2D eigenvalue weighted by atomic mass is 32.2. The van der Waals surface area contributed by atoms with Crippen LogP contribution < -0.4 is 15.4 Å². The van der Waals surface area contributed by atoms with Gasteiger partial charge in [-0.25, -0.2) is 35.5 Å². The molecule has 2 amide bonds. The largest absolute Gasteiger partial charge is 0.444 e. The normalized spacial score (nSPS) is 13.2. The maximum absolute atomic E-state index is 11.8. The van der Waals surface area contributed by atoms with Crippen LogP contribution in [0.4, 0.5) is 9.59 Å². The lowest BCUT2D eigenvalue weighted by Gasteiger charge is -2.34. The second kappa shape index (κ2) is 23.7. The molecule has 0 aliphatic heterocycles. The Bertz CT molecular complexity index is 1180. The van der Waals surface area contributed by atoms with Crippen LogP contribution >= 0.6 is 0 Å². The van der Waals surface area contributed by atoms with Crippen LogP contribution in [-0.2, 0) is 29.5 Å². The molecule has 2 atom stereocenters. The zero-order valence-corrected chi connectivity index (χ0v) is 34.6. The van der Waals surface area contributed by atoms with Gasteiger partial charge in [0.15, 0.2) is 0 Å². The van der Waals surface area contributed by atoms with Gasteiger partial charge < -0.3 is 20.1 Å². The molecule has 0 rings (SSSR count). The zero-order chi connectivity index (χ0) is 41.3. The molecule has 3 N–H and O–H groups in total. The summed E-state index contributed by atoms with van der Waals surface area (Å²) < 4.78 is 59.2. The summed E-state index contributed by atoms with van der Waals surface area (Å²) in [7, 11) is 30.6. The lowest BCUT2D eigenvalue weighted by Crippen LogP contribution is -2.51. The lowest BCUT2D eigenvalue weighted by molar-refractivity contribution is 0.0449. The van der Waals surface area contributed by atoms with E-state index in [1.54, 1.807) is 41.5 Å². The third-order valence-corrected chi connectivity index (χ3v) is 7.67. The number of nitrogens with zero attached hydrogens (tertiary/aromatic N) is 1. The van der Waals surface area contributed by atoms with Crippen molar-refractivity contribution in [1.82, 2.24) is 19.7 Å². The molecule has 0 spiro atoms. The summed E-state index contributed by atoms with van der Waals surface area (Å²) in [6, 6.07) is -0.714. The first-order valence-electron chi connectivity index (χ1n) is 15.7. The van der Waals surface area contributed by atoms with E-state index in [1.165, 1.54) is 18.4 Å². The lowest BCUT2D eigenvalue weighted by atomic mass is 8.81. The molecule has 267 valence electrons. The van der Waals surface area contributed by atoms with E-state index in [1.807, 2.05) is 41.5 Å². The number of amides is 2. The summed E-state index contributed by atoms with van der Waals surface area (Å²) >= 11 is 0. The molecule has 0 aliphatic carbocycles. The second-order valence-electron chi connectivity index (χ2n) is 15.7. The first-order valence-corrected chi connectivity index (χ1v) is 19.4. The standard InChI is InChI=1S/C13H28N2O4S.C12H26N2O4S.B6.B5/c1-12(2,3)10(9-15(7)20(8,17)18)14-11(16)19-13(4,5)6;1-11(2,3)9(8-13-19(7,16)17)14-10(15)18-12(4,5)6;1-5(2)6(3)4;1-4-5(2)3/h10H,9H2,1-8H3,(H,14,16);9,13H,8H2,1-7H3,(H,14,15);;/t10-;9-;;/m11../s1. The van der Waals surface area contributed by atoms with E-state index in [2.05, 4.69) is 15.4 Å². The Balaban J connectivity index is -0.000000326. The Labute approximate surface area is 316 Å². The Morgan fingerprint density at radius 2 is 1.00 bits per heavy atom. The molecular weight excluding hydrogens is 667 g/mol. The molecule has 0 unspecified atom stereocenters. The van der Waals surface area contributed by atoms with Gasteiger partial charge in [0.25, 0.3) is 0 Å². The number of carbonyl (C=O) groups is 2. The number of sulfonamides is 2. The van der Waals surface area contributed by atoms with E-state index in [0.29, 0.717) is 0 Å². The summed E-state index contributed by atoms with van der Waals surface area (Å²) in [5, 5.41) is 5.45. The van der Waals surface area contributed by atoms with Gasteiger partial charge in [-0.1, -0.05) is 41.5 Å². The second-order valence-corrected chi connectivity index (χ2v) is 19.6. The van der Waals surface area contributed by atoms with Gasteiger partial charge in [-0.15, -0.1) is 0 Å². The minimum absolute atomic E-state index is 0.127. The molecule has 0 aromatic rings. The predicted octanol–water partition coefficient (Wildman–Crippen LogP) is -0.897. The van der Waals surface area contributed by atoms with Crippen LogP contribution in [0.5, 0.6) is 0 Å². The molecule has 12 nitrogen and oxygen atoms in total. The molecule has 25 heteroatoms. The number of likely N-dealkylation sites (N-methyl/N-ethyl adjacent to an activating group) is 1. The van der Waals surface area contributed by atoms with Crippen molar-refractivity contribution in [3.05, 3.63) is 0 Å². The predicted molar refractivity (Wildman–Crippen MR) is 219 cm³/mol. The number of hydrogen-bond donors (Lipinski definition) is 3. The molecule has 15 radical (unpaired) electrons. The van der Waals surface area contributed by atoms with Gasteiger partial charge in [-0.05, 0) is 52.4 Å². The molecule has 50 heavy (non-hydrogen) atoms. The summed E-state index contributed by atoms with van der Waals surface area (Å²) in [6.07, 6.45) is -0.521. The number of alkyl carbamates (subject to hydrolysis) is 2. The molecule has 0 heterocycles. The first-order chi connectivity index (χ1) is 21.7. The van der Waals surface area contributed by atoms with Gasteiger partial charge in [-0.3, -0.25) is 0 Å². The van der Waals surface area contributed by atoms with Crippen LogP contribution in [0, 0.1) is 10.8 Å². The Morgan fingerprint density at radius 3 is 1.20 bits per heavy atom. The molecular formula is C25H54B11N4O8S2. The molecule has 0 fully saturated rings. The van der Waals surface area contributed by atoms with Gasteiger partial charge in [-0.2, -0.15) is 0 Å². The highest BCUT2D eigenvalue weighted by Gasteiger charge is 2.31. The van der Waals surface area contributed by atoms with Gasteiger partial charge in [0, 0.05) is 101 Å². The smallest absolute Gasteiger partial charge is 0.407 e. The van der Waals surface area contributed by atoms with Crippen LogP contribution in [-0.4, -0.2) is 170 Å². The van der Waals surface area contributed by atoms with Crippen molar-refractivity contribution in [3.63, 3.8) is 0 Å². The minimum atomic E-state index is -3.29. The van der Waals surface area contributed by atoms with Crippen LogP contribution in [0.25, 0.3) is 0 Å². The van der Waals surface area contributed by atoms with Crippen molar-refractivity contribution in [1.29, 1.82) is 0 Å². The number of carbonyl (C=O) groups excluding carboxylic acids is 2. The van der Waals surface area contributed by atoms with Crippen LogP contribution in [0.2, 0.25) is 0 Å². The molecule has 0 saturated heterocycles. The fraction of sp³-hybridized carbons (Fsp3) is 0.920. The molecule has 0 aromatic carbocycles. The topological polar surface area (TPSA) is 160 Å². The first kappa shape index (κ1) is 55.8. The van der Waals surface area contributed by atoms with E-state index in [4.69, 9.17) is 63.6 Å². The third-order valence-electron chi connectivity index (χ3n) is 5.69. The maximum atomic E-state index is 11.8. The third kappa shape index (κ3) is 38.3. The number of nitrogens with one attached hydrogen (secondary N) is 3. The highest BCUT2D eigenvalue weighted by Crippen LogP contribution is 2.22. The van der Waals surface area contributed by atoms with Gasteiger partial charge in [0.2, 0.25) is 20.0 Å². The highest BCUT2D eigenvalue weighted by molar-refractivity contribution is 7.88. The van der Waals surface area contributed by atoms with Crippen molar-refractivity contribution in [3.8, 4) is 0 Å². The van der Waals surface area contributed by atoms with E-state index in [0.717, 1.165) is 12.5 Å². The summed E-state index contributed by atoms with van der Waals surface area (Å²) in [4.78, 5) is 23.6. The van der Waals surface area contributed by atoms with Gasteiger partial charge in [0.1, 0.15) is 11.2 Å². The Kier molecular flexibility index (Phi) is 26.4. The van der Waals surface area contributed by atoms with E-state index in [9.17, 15) is 26.4 Å². The van der Waals surface area contributed by atoms with Crippen LogP contribution in [0.1, 0.15) is 83.1 Å². The quantitative estimate of drug-likeness (QED) is 0.245. The average molecular weight is 722 g/mol. The maximum Gasteiger partial charge on any atom is 0.407 e. The zero-order valence-electron chi connectivity index (χ0n) is 32.9. The minimum Gasteiger partial charge on any atom is -0.444 e. The van der Waals surface area contributed by atoms with Crippen molar-refractivity contribution in [2.75, 3.05) is 32.6 Å². The summed E-state index contributed by atoms with van der Waals surface area (Å²) in [5.74, 6) is 0. The van der Waals surface area contributed by atoms with Crippen molar-refractivity contribution in [2.45, 2.75) is 106 Å². The van der Waals surface area contributed by atoms with Gasteiger partial charge >= 0.3 is 12.2 Å². The van der Waals surface area contributed by atoms with Crippen LogP contribution in [0.15, 0.2) is 0 Å². The van der Waals surface area contributed by atoms with Crippen molar-refractivity contribution in [2.24, 2.45) is 10.8 Å². The van der Waals surface area contributed by atoms with Crippen molar-refractivity contribution < 1.29 is 35.9 Å². The summed E-state index contributed by atoms with van der Waals surface area (Å²) in [6.45, 7) is 22.5. The summed E-state index contributed by atoms with van der Waals surface area (Å²) in [5.41, 5.74) is -1.77. The number of rotatable bonds is 10. The van der Waals surface area contributed by atoms with Crippen molar-refractivity contribution >= 4 is 113 Å². The van der Waals surface area contributed by atoms with E-state index in [-0.39, 0.29) is 36.0 Å². The van der Waals surface area contributed by atoms with Gasteiger partial charge in [0.05, 0.1) is 24.6 Å². The number of hydrogen-bond acceptors (Lipinski definition) is 8. The molecule has 0 saturated carbocycles. The molecule has 0 bridgehead atoms. The average Bonchev–Trinajstić information content (AvgIpc) is 2.82. The van der Waals surface area contributed by atoms with E-state index < -0.39 is 62.6 Å². The fourth-order valence-corrected chi connectivity index (χ4v) is 3.53. The monoisotopic (exact) mass is 723 g/mol.